The van der Waals surface area contributed by atoms with Crippen molar-refractivity contribution in [2.45, 2.75) is 26.0 Å². The molecule has 1 aliphatic rings. The Kier molecular flexibility index (Phi) is 3.73. The molecule has 140 valence electrons. The van der Waals surface area contributed by atoms with Crippen LogP contribution in [-0.4, -0.2) is 17.3 Å². The second kappa shape index (κ2) is 6.16. The second-order valence-corrected chi connectivity index (χ2v) is 7.87. The smallest absolute Gasteiger partial charge is 0.129 e. The van der Waals surface area contributed by atoms with Gasteiger partial charge in [-0.05, 0) is 61.9 Å². The maximum Gasteiger partial charge on any atom is 0.129 e. The molecule has 3 heteroatoms. The zero-order valence-corrected chi connectivity index (χ0v) is 16.4. The number of methoxy groups -OCH3 is 1. The predicted octanol–water partition coefficient (Wildman–Crippen LogP) is 6.04. The molecule has 0 N–H and O–H groups in total. The van der Waals surface area contributed by atoms with Crippen LogP contribution in [0.5, 0.6) is 11.5 Å². The predicted molar refractivity (Wildman–Crippen MR) is 115 cm³/mol. The Morgan fingerprint density at radius 1 is 0.964 bits per heavy atom. The lowest BCUT2D eigenvalue weighted by molar-refractivity contribution is 0.159. The van der Waals surface area contributed by atoms with Crippen molar-refractivity contribution < 1.29 is 9.47 Å². The first-order chi connectivity index (χ1) is 13.6. The van der Waals surface area contributed by atoms with Gasteiger partial charge >= 0.3 is 0 Å². The van der Waals surface area contributed by atoms with E-state index in [9.17, 15) is 0 Å². The highest BCUT2D eigenvalue weighted by atomic mass is 16.5. The third-order valence-corrected chi connectivity index (χ3v) is 5.44. The largest absolute Gasteiger partial charge is 0.497 e. The molecule has 0 atom stereocenters. The quantitative estimate of drug-likeness (QED) is 0.440. The molecule has 0 saturated heterocycles. The molecule has 0 radical (unpaired) electrons. The van der Waals surface area contributed by atoms with Crippen LogP contribution in [0, 0.1) is 0 Å². The number of hydrogen-bond donors (Lipinski definition) is 0. The van der Waals surface area contributed by atoms with Gasteiger partial charge in [0.05, 0.1) is 12.6 Å². The second-order valence-electron chi connectivity index (χ2n) is 7.87. The maximum atomic E-state index is 6.25. The number of benzene rings is 3. The average molecular weight is 369 g/mol. The van der Waals surface area contributed by atoms with Crippen molar-refractivity contribution in [3.05, 3.63) is 77.9 Å². The normalized spacial score (nSPS) is 14.8. The first kappa shape index (κ1) is 16.9. The molecule has 0 unspecified atom stereocenters. The van der Waals surface area contributed by atoms with Crippen LogP contribution in [0.2, 0.25) is 0 Å². The molecule has 0 amide bonds. The van der Waals surface area contributed by atoms with E-state index in [2.05, 4.69) is 85.2 Å². The molecular weight excluding hydrogens is 346 g/mol. The number of fused-ring (bicyclic) bond motifs is 5. The lowest BCUT2D eigenvalue weighted by Gasteiger charge is -2.28. The summed E-state index contributed by atoms with van der Waals surface area (Å²) in [5.74, 6) is 1.81. The van der Waals surface area contributed by atoms with E-state index in [1.165, 1.54) is 27.4 Å². The summed E-state index contributed by atoms with van der Waals surface area (Å²) in [4.78, 5) is 0. The molecule has 1 aromatic heterocycles. The summed E-state index contributed by atoms with van der Waals surface area (Å²) in [5.41, 5.74) is 4.53. The molecular formula is C25H23NO2. The van der Waals surface area contributed by atoms with Gasteiger partial charge in [0.2, 0.25) is 0 Å². The van der Waals surface area contributed by atoms with Gasteiger partial charge in [0, 0.05) is 28.4 Å². The molecule has 2 heterocycles. The molecule has 0 fully saturated rings. The number of nitrogens with zero attached hydrogens (tertiary/aromatic N) is 1. The molecule has 0 saturated carbocycles. The fourth-order valence-corrected chi connectivity index (χ4v) is 4.09. The van der Waals surface area contributed by atoms with Crippen LogP contribution in [0.25, 0.3) is 27.9 Å². The summed E-state index contributed by atoms with van der Waals surface area (Å²) in [6.07, 6.45) is 4.35. The van der Waals surface area contributed by atoms with Crippen molar-refractivity contribution in [2.24, 2.45) is 0 Å². The Balaban J connectivity index is 1.83. The molecule has 28 heavy (non-hydrogen) atoms. The van der Waals surface area contributed by atoms with Gasteiger partial charge in [-0.15, -0.1) is 0 Å². The third-order valence-electron chi connectivity index (χ3n) is 5.44. The molecule has 5 rings (SSSR count). The van der Waals surface area contributed by atoms with Crippen molar-refractivity contribution in [2.75, 3.05) is 7.11 Å². The van der Waals surface area contributed by atoms with E-state index in [4.69, 9.17) is 9.47 Å². The average Bonchev–Trinajstić information content (AvgIpc) is 3.01. The van der Waals surface area contributed by atoms with Crippen molar-refractivity contribution in [1.29, 1.82) is 0 Å². The van der Waals surface area contributed by atoms with Crippen LogP contribution in [0.3, 0.4) is 0 Å². The van der Waals surface area contributed by atoms with Crippen molar-refractivity contribution in [3.8, 4) is 11.5 Å². The Hall–Kier alpha value is -3.20. The van der Waals surface area contributed by atoms with Crippen LogP contribution in [-0.2, 0) is 6.54 Å². The summed E-state index contributed by atoms with van der Waals surface area (Å²) < 4.78 is 14.1. The van der Waals surface area contributed by atoms with E-state index in [1.54, 1.807) is 7.11 Å². The zero-order valence-electron chi connectivity index (χ0n) is 16.4. The molecule has 3 nitrogen and oxygen atoms in total. The monoisotopic (exact) mass is 369 g/mol. The van der Waals surface area contributed by atoms with E-state index in [-0.39, 0.29) is 5.60 Å². The van der Waals surface area contributed by atoms with Gasteiger partial charge in [0.1, 0.15) is 17.1 Å². The van der Waals surface area contributed by atoms with Gasteiger partial charge in [-0.2, -0.15) is 0 Å². The summed E-state index contributed by atoms with van der Waals surface area (Å²) in [5, 5.41) is 2.42. The van der Waals surface area contributed by atoms with E-state index in [1.807, 2.05) is 6.07 Å². The van der Waals surface area contributed by atoms with E-state index < -0.39 is 0 Å². The van der Waals surface area contributed by atoms with E-state index in [0.29, 0.717) is 0 Å². The van der Waals surface area contributed by atoms with Crippen LogP contribution < -0.4 is 9.47 Å². The van der Waals surface area contributed by atoms with Crippen molar-refractivity contribution in [3.63, 3.8) is 0 Å². The minimum absolute atomic E-state index is 0.291. The fourth-order valence-electron chi connectivity index (χ4n) is 4.09. The summed E-state index contributed by atoms with van der Waals surface area (Å²) >= 11 is 0. The molecule has 0 bridgehead atoms. The number of aromatic nitrogens is 1. The van der Waals surface area contributed by atoms with Gasteiger partial charge in [-0.3, -0.25) is 0 Å². The summed E-state index contributed by atoms with van der Waals surface area (Å²) in [6, 6.07) is 21.2. The first-order valence-electron chi connectivity index (χ1n) is 9.61. The van der Waals surface area contributed by atoms with Gasteiger partial charge in [-0.1, -0.05) is 30.3 Å². The van der Waals surface area contributed by atoms with Crippen LogP contribution in [0.1, 0.15) is 25.0 Å². The van der Waals surface area contributed by atoms with Crippen LogP contribution in [0.15, 0.2) is 66.7 Å². The van der Waals surface area contributed by atoms with Crippen LogP contribution >= 0.6 is 0 Å². The third kappa shape index (κ3) is 2.66. The first-order valence-corrected chi connectivity index (χ1v) is 9.61. The SMILES string of the molecule is COc1ccc2c(c1)c1ccc3c(c1n2Cc1ccccc1)C=CC(C)(C)O3. The van der Waals surface area contributed by atoms with E-state index >= 15 is 0 Å². The molecule has 0 aliphatic carbocycles. The van der Waals surface area contributed by atoms with Gasteiger partial charge in [0.25, 0.3) is 0 Å². The topological polar surface area (TPSA) is 23.4 Å². The highest BCUT2D eigenvalue weighted by Crippen LogP contribution is 2.41. The number of rotatable bonds is 3. The van der Waals surface area contributed by atoms with Crippen molar-refractivity contribution >= 4 is 27.9 Å². The van der Waals surface area contributed by atoms with Crippen molar-refractivity contribution in [1.82, 2.24) is 4.57 Å². The Bertz CT molecular complexity index is 1220. The summed E-state index contributed by atoms with van der Waals surface area (Å²) in [7, 11) is 1.71. The Labute approximate surface area is 164 Å². The van der Waals surface area contributed by atoms with Gasteiger partial charge < -0.3 is 14.0 Å². The Morgan fingerprint density at radius 3 is 2.57 bits per heavy atom. The minimum Gasteiger partial charge on any atom is -0.497 e. The highest BCUT2D eigenvalue weighted by molar-refractivity contribution is 6.11. The standard InChI is InChI=1S/C25H23NO2/c1-25(2)14-13-20-23(28-25)12-10-19-21-15-18(27-3)9-11-22(21)26(24(19)20)16-17-7-5-4-6-8-17/h4-15H,16H2,1-3H3. The van der Waals surface area contributed by atoms with Crippen LogP contribution in [0.4, 0.5) is 0 Å². The molecule has 3 aromatic carbocycles. The molecule has 0 spiro atoms. The lowest BCUT2D eigenvalue weighted by atomic mass is 10.00. The Morgan fingerprint density at radius 2 is 1.79 bits per heavy atom. The fraction of sp³-hybridized carbons (Fsp3) is 0.200. The summed E-state index contributed by atoms with van der Waals surface area (Å²) in [6.45, 7) is 4.98. The van der Waals surface area contributed by atoms with Gasteiger partial charge in [-0.25, -0.2) is 0 Å². The molecule has 4 aromatic rings. The maximum absolute atomic E-state index is 6.25. The minimum atomic E-state index is -0.291. The highest BCUT2D eigenvalue weighted by Gasteiger charge is 2.25. The molecule has 1 aliphatic heterocycles. The van der Waals surface area contributed by atoms with Gasteiger partial charge in [0.15, 0.2) is 0 Å². The number of ether oxygens (including phenoxy) is 2. The zero-order chi connectivity index (χ0) is 19.3. The van der Waals surface area contributed by atoms with E-state index in [0.717, 1.165) is 23.6 Å². The lowest BCUT2D eigenvalue weighted by Crippen LogP contribution is -2.27. The number of hydrogen-bond acceptors (Lipinski definition) is 2.